The van der Waals surface area contributed by atoms with Crippen LogP contribution in [0.2, 0.25) is 0 Å². The molecule has 0 saturated heterocycles. The van der Waals surface area contributed by atoms with Gasteiger partial charge in [-0.3, -0.25) is 14.5 Å². The lowest BCUT2D eigenvalue weighted by Crippen LogP contribution is -2.47. The number of para-hydroxylation sites is 1. The number of carbonyl (C=O) groups excluding carboxylic acids is 2. The topological polar surface area (TPSA) is 88.2 Å². The SMILES string of the molecule is CCCOc1ccc(-c2nn(-c3ccccc3)cc2/C=C2/C(=O)N(C(C)CC)C(=O)C(C#N)=C2C)cc1C. The first-order valence-corrected chi connectivity index (χ1v) is 12.9. The molecule has 2 aromatic carbocycles. The second kappa shape index (κ2) is 11.3. The number of hydrogen-bond donors (Lipinski definition) is 0. The summed E-state index contributed by atoms with van der Waals surface area (Å²) in [5.41, 5.74) is 4.78. The minimum atomic E-state index is -0.542. The number of hydrogen-bond acceptors (Lipinski definition) is 5. The molecule has 1 atom stereocenters. The molecule has 2 amide bonds. The molecule has 0 fully saturated rings. The summed E-state index contributed by atoms with van der Waals surface area (Å²) in [5.74, 6) is -0.126. The van der Waals surface area contributed by atoms with Crippen molar-refractivity contribution in [2.24, 2.45) is 0 Å². The molecule has 4 rings (SSSR count). The molecule has 38 heavy (non-hydrogen) atoms. The zero-order chi connectivity index (χ0) is 27.4. The van der Waals surface area contributed by atoms with Gasteiger partial charge in [0.05, 0.1) is 18.0 Å². The van der Waals surface area contributed by atoms with Gasteiger partial charge in [-0.2, -0.15) is 10.4 Å². The van der Waals surface area contributed by atoms with Crippen molar-refractivity contribution in [2.75, 3.05) is 6.61 Å². The molecule has 7 heteroatoms. The number of ether oxygens (including phenoxy) is 1. The predicted molar refractivity (Wildman–Crippen MR) is 147 cm³/mol. The summed E-state index contributed by atoms with van der Waals surface area (Å²) >= 11 is 0. The van der Waals surface area contributed by atoms with Crippen LogP contribution in [-0.2, 0) is 9.59 Å². The third-order valence-electron chi connectivity index (χ3n) is 6.78. The first-order chi connectivity index (χ1) is 18.3. The standard InChI is InChI=1S/C31H32N4O3/c1-6-15-38-28-14-13-23(16-20(28)3)29-24(19-34(33-29)25-11-9-8-10-12-25)17-26-22(5)27(18-32)31(37)35(30(26)36)21(4)7-2/h8-14,16-17,19,21H,6-7,15H2,1-5H3/b26-17+. The zero-order valence-corrected chi connectivity index (χ0v) is 22.5. The van der Waals surface area contributed by atoms with Crippen LogP contribution in [0, 0.1) is 18.3 Å². The summed E-state index contributed by atoms with van der Waals surface area (Å²) in [6.07, 6.45) is 5.12. The maximum atomic E-state index is 13.6. The van der Waals surface area contributed by atoms with Crippen LogP contribution >= 0.6 is 0 Å². The maximum absolute atomic E-state index is 13.6. The highest BCUT2D eigenvalue weighted by molar-refractivity contribution is 6.20. The molecule has 194 valence electrons. The van der Waals surface area contributed by atoms with Crippen LogP contribution in [0.5, 0.6) is 5.75 Å². The Hall–Kier alpha value is -4.44. The van der Waals surface area contributed by atoms with E-state index in [1.807, 2.05) is 81.6 Å². The van der Waals surface area contributed by atoms with Gasteiger partial charge >= 0.3 is 0 Å². The van der Waals surface area contributed by atoms with E-state index in [4.69, 9.17) is 9.84 Å². The molecule has 0 spiro atoms. The highest BCUT2D eigenvalue weighted by Crippen LogP contribution is 2.33. The molecule has 0 N–H and O–H groups in total. The van der Waals surface area contributed by atoms with E-state index in [0.717, 1.165) is 29.0 Å². The number of carbonyl (C=O) groups is 2. The van der Waals surface area contributed by atoms with Gasteiger partial charge < -0.3 is 4.74 Å². The summed E-state index contributed by atoms with van der Waals surface area (Å²) in [6, 6.07) is 17.3. The Balaban J connectivity index is 1.90. The molecule has 3 aromatic rings. The fourth-order valence-corrected chi connectivity index (χ4v) is 4.44. The van der Waals surface area contributed by atoms with Gasteiger partial charge in [-0.25, -0.2) is 4.68 Å². The van der Waals surface area contributed by atoms with Crippen LogP contribution in [0.4, 0.5) is 0 Å². The van der Waals surface area contributed by atoms with Crippen molar-refractivity contribution in [3.63, 3.8) is 0 Å². The second-order valence-electron chi connectivity index (χ2n) is 9.45. The Morgan fingerprint density at radius 2 is 1.82 bits per heavy atom. The van der Waals surface area contributed by atoms with E-state index in [9.17, 15) is 14.9 Å². The lowest BCUT2D eigenvalue weighted by molar-refractivity contribution is -0.142. The predicted octanol–water partition coefficient (Wildman–Crippen LogP) is 6.03. The van der Waals surface area contributed by atoms with Gasteiger partial charge in [-0.15, -0.1) is 0 Å². The molecule has 1 aliphatic rings. The molecule has 1 unspecified atom stereocenters. The molecule has 7 nitrogen and oxygen atoms in total. The lowest BCUT2D eigenvalue weighted by Gasteiger charge is -2.31. The average Bonchev–Trinajstić information content (AvgIpc) is 3.35. The molecule has 0 radical (unpaired) electrons. The van der Waals surface area contributed by atoms with Crippen LogP contribution in [0.3, 0.4) is 0 Å². The van der Waals surface area contributed by atoms with Crippen molar-refractivity contribution < 1.29 is 14.3 Å². The van der Waals surface area contributed by atoms with E-state index in [1.54, 1.807) is 17.7 Å². The number of aryl methyl sites for hydroxylation is 1. The average molecular weight is 509 g/mol. The van der Waals surface area contributed by atoms with Crippen LogP contribution in [0.1, 0.15) is 51.7 Å². The summed E-state index contributed by atoms with van der Waals surface area (Å²) in [5, 5.41) is 14.6. The van der Waals surface area contributed by atoms with Crippen LogP contribution in [0.25, 0.3) is 23.0 Å². The third-order valence-corrected chi connectivity index (χ3v) is 6.78. The van der Waals surface area contributed by atoms with Crippen molar-refractivity contribution >= 4 is 17.9 Å². The number of nitriles is 1. The monoisotopic (exact) mass is 508 g/mol. The van der Waals surface area contributed by atoms with Crippen LogP contribution in [0.15, 0.2) is 71.4 Å². The Labute approximate surface area is 223 Å². The Morgan fingerprint density at radius 1 is 1.08 bits per heavy atom. The number of imide groups is 1. The van der Waals surface area contributed by atoms with Gasteiger partial charge in [0.1, 0.15) is 17.4 Å². The van der Waals surface area contributed by atoms with E-state index in [1.165, 1.54) is 4.90 Å². The molecule has 1 aliphatic heterocycles. The molecule has 1 aromatic heterocycles. The van der Waals surface area contributed by atoms with Gasteiger partial charge in [0.25, 0.3) is 11.8 Å². The van der Waals surface area contributed by atoms with Gasteiger partial charge in [0.2, 0.25) is 0 Å². The number of benzene rings is 2. The number of amides is 2. The van der Waals surface area contributed by atoms with Gasteiger partial charge in [-0.05, 0) is 81.2 Å². The summed E-state index contributed by atoms with van der Waals surface area (Å²) in [7, 11) is 0. The van der Waals surface area contributed by atoms with Crippen LogP contribution < -0.4 is 4.74 Å². The number of nitrogens with zero attached hydrogens (tertiary/aromatic N) is 4. The largest absolute Gasteiger partial charge is 0.493 e. The lowest BCUT2D eigenvalue weighted by atomic mass is 9.92. The van der Waals surface area contributed by atoms with E-state index < -0.39 is 11.8 Å². The van der Waals surface area contributed by atoms with E-state index in [2.05, 4.69) is 6.92 Å². The van der Waals surface area contributed by atoms with Gasteiger partial charge in [0, 0.05) is 28.9 Å². The number of rotatable bonds is 8. The van der Waals surface area contributed by atoms with E-state index in [-0.39, 0.29) is 11.6 Å². The summed E-state index contributed by atoms with van der Waals surface area (Å²) in [6.45, 7) is 10.1. The third kappa shape index (κ3) is 5.03. The van der Waals surface area contributed by atoms with Crippen molar-refractivity contribution in [2.45, 2.75) is 53.5 Å². The fraction of sp³-hybridized carbons (Fsp3) is 0.290. The smallest absolute Gasteiger partial charge is 0.271 e. The molecule has 2 heterocycles. The molecular weight excluding hydrogens is 476 g/mol. The molecular formula is C31H32N4O3. The van der Waals surface area contributed by atoms with Crippen molar-refractivity contribution in [3.8, 4) is 28.8 Å². The molecule has 0 aliphatic carbocycles. The minimum Gasteiger partial charge on any atom is -0.493 e. The second-order valence-corrected chi connectivity index (χ2v) is 9.45. The highest BCUT2D eigenvalue weighted by atomic mass is 16.5. The number of aromatic nitrogens is 2. The highest BCUT2D eigenvalue weighted by Gasteiger charge is 2.37. The fourth-order valence-electron chi connectivity index (χ4n) is 4.44. The minimum absolute atomic E-state index is 0.0126. The van der Waals surface area contributed by atoms with E-state index >= 15 is 0 Å². The zero-order valence-electron chi connectivity index (χ0n) is 22.5. The molecule has 0 bridgehead atoms. The first-order valence-electron chi connectivity index (χ1n) is 12.9. The van der Waals surface area contributed by atoms with Crippen molar-refractivity contribution in [3.05, 3.63) is 82.6 Å². The molecule has 0 saturated carbocycles. The van der Waals surface area contributed by atoms with Crippen molar-refractivity contribution in [1.29, 1.82) is 5.26 Å². The summed E-state index contributed by atoms with van der Waals surface area (Å²) < 4.78 is 7.63. The van der Waals surface area contributed by atoms with Crippen LogP contribution in [-0.4, -0.2) is 39.1 Å². The van der Waals surface area contributed by atoms with Gasteiger partial charge in [0.15, 0.2) is 0 Å². The quantitative estimate of drug-likeness (QED) is 0.274. The van der Waals surface area contributed by atoms with E-state index in [0.29, 0.717) is 35.4 Å². The van der Waals surface area contributed by atoms with Crippen molar-refractivity contribution in [1.82, 2.24) is 14.7 Å². The van der Waals surface area contributed by atoms with Gasteiger partial charge in [-0.1, -0.05) is 32.0 Å². The Kier molecular flexibility index (Phi) is 7.92. The normalized spacial score (nSPS) is 15.7. The summed E-state index contributed by atoms with van der Waals surface area (Å²) in [4.78, 5) is 27.7. The maximum Gasteiger partial charge on any atom is 0.271 e. The first kappa shape index (κ1) is 26.6. The Morgan fingerprint density at radius 3 is 2.45 bits per heavy atom. The Bertz CT molecular complexity index is 1470.